The molecule has 112 valence electrons. The standard InChI is InChI=1S/C11H16ClN3O4S/c1-2-6-13-7-8-14-20(18,19)11-9(12)4-3-5-10(11)15(16)17/h3-5,13-14H,2,6-8H2,1H3. The van der Waals surface area contributed by atoms with E-state index in [0.29, 0.717) is 6.54 Å². The molecule has 2 N–H and O–H groups in total. The summed E-state index contributed by atoms with van der Waals surface area (Å²) in [6.45, 7) is 3.33. The highest BCUT2D eigenvalue weighted by Crippen LogP contribution is 2.30. The van der Waals surface area contributed by atoms with Gasteiger partial charge in [-0.3, -0.25) is 10.1 Å². The van der Waals surface area contributed by atoms with Gasteiger partial charge in [-0.15, -0.1) is 0 Å². The molecule has 0 fully saturated rings. The number of nitro benzene ring substituents is 1. The van der Waals surface area contributed by atoms with Crippen LogP contribution >= 0.6 is 11.6 Å². The molecule has 20 heavy (non-hydrogen) atoms. The molecule has 0 aliphatic rings. The van der Waals surface area contributed by atoms with E-state index in [9.17, 15) is 18.5 Å². The fraction of sp³-hybridized carbons (Fsp3) is 0.455. The molecule has 0 bridgehead atoms. The van der Waals surface area contributed by atoms with Crippen LogP contribution in [0, 0.1) is 10.1 Å². The monoisotopic (exact) mass is 321 g/mol. The van der Waals surface area contributed by atoms with Crippen LogP contribution in [0.3, 0.4) is 0 Å². The van der Waals surface area contributed by atoms with Gasteiger partial charge >= 0.3 is 0 Å². The lowest BCUT2D eigenvalue weighted by atomic mass is 10.3. The van der Waals surface area contributed by atoms with Gasteiger partial charge < -0.3 is 5.32 Å². The summed E-state index contributed by atoms with van der Waals surface area (Å²) in [4.78, 5) is 9.61. The predicted octanol–water partition coefficient (Wildman–Crippen LogP) is 1.53. The van der Waals surface area contributed by atoms with Crippen LogP contribution in [0.25, 0.3) is 0 Å². The normalized spacial score (nSPS) is 11.5. The quantitative estimate of drug-likeness (QED) is 0.429. The van der Waals surface area contributed by atoms with E-state index in [1.807, 2.05) is 6.92 Å². The minimum absolute atomic E-state index is 0.130. The second kappa shape index (κ2) is 7.53. The maximum atomic E-state index is 12.1. The van der Waals surface area contributed by atoms with E-state index in [1.165, 1.54) is 12.1 Å². The SMILES string of the molecule is CCCNCCNS(=O)(=O)c1c(Cl)cccc1[N+](=O)[O-]. The highest BCUT2D eigenvalue weighted by Gasteiger charge is 2.28. The van der Waals surface area contributed by atoms with Crippen LogP contribution in [0.2, 0.25) is 5.02 Å². The third kappa shape index (κ3) is 4.41. The predicted molar refractivity (Wildman–Crippen MR) is 76.5 cm³/mol. The molecule has 1 aromatic rings. The molecule has 0 aromatic heterocycles. The third-order valence-corrected chi connectivity index (χ3v) is 4.41. The zero-order chi connectivity index (χ0) is 15.2. The lowest BCUT2D eigenvalue weighted by Crippen LogP contribution is -2.32. The van der Waals surface area contributed by atoms with Crippen LogP contribution in [-0.2, 0) is 10.0 Å². The minimum atomic E-state index is -4.02. The molecular weight excluding hydrogens is 306 g/mol. The van der Waals surface area contributed by atoms with Gasteiger partial charge in [0.2, 0.25) is 10.0 Å². The van der Waals surface area contributed by atoms with E-state index in [1.54, 1.807) is 0 Å². The first-order valence-electron chi connectivity index (χ1n) is 6.03. The number of nitrogens with one attached hydrogen (secondary N) is 2. The Balaban J connectivity index is 2.90. The Hall–Kier alpha value is -1.22. The van der Waals surface area contributed by atoms with E-state index in [-0.39, 0.29) is 11.6 Å². The topological polar surface area (TPSA) is 101 Å². The molecule has 0 saturated heterocycles. The second-order valence-corrected chi connectivity index (χ2v) is 6.10. The van der Waals surface area contributed by atoms with Crippen molar-refractivity contribution in [2.45, 2.75) is 18.2 Å². The average Bonchev–Trinajstić information content (AvgIpc) is 2.37. The van der Waals surface area contributed by atoms with E-state index in [4.69, 9.17) is 11.6 Å². The molecule has 7 nitrogen and oxygen atoms in total. The van der Waals surface area contributed by atoms with Gasteiger partial charge in [-0.2, -0.15) is 0 Å². The maximum Gasteiger partial charge on any atom is 0.290 e. The molecule has 0 atom stereocenters. The fourth-order valence-electron chi connectivity index (χ4n) is 1.55. The van der Waals surface area contributed by atoms with Crippen molar-refractivity contribution in [1.82, 2.24) is 10.0 Å². The van der Waals surface area contributed by atoms with Gasteiger partial charge in [0.15, 0.2) is 4.90 Å². The van der Waals surface area contributed by atoms with Gasteiger partial charge in [0.05, 0.1) is 9.95 Å². The lowest BCUT2D eigenvalue weighted by Gasteiger charge is -2.09. The van der Waals surface area contributed by atoms with Crippen molar-refractivity contribution in [2.24, 2.45) is 0 Å². The average molecular weight is 322 g/mol. The Labute approximate surface area is 122 Å². The van der Waals surface area contributed by atoms with Crippen molar-refractivity contribution in [3.8, 4) is 0 Å². The number of sulfonamides is 1. The van der Waals surface area contributed by atoms with Crippen molar-refractivity contribution < 1.29 is 13.3 Å². The fourth-order valence-corrected chi connectivity index (χ4v) is 3.29. The molecule has 0 amide bonds. The molecule has 0 aliphatic heterocycles. The number of rotatable bonds is 8. The Morgan fingerprint density at radius 1 is 1.30 bits per heavy atom. The summed E-state index contributed by atoms with van der Waals surface area (Å²) in [5.41, 5.74) is -0.536. The highest BCUT2D eigenvalue weighted by molar-refractivity contribution is 7.89. The van der Waals surface area contributed by atoms with Gasteiger partial charge in [0, 0.05) is 19.2 Å². The van der Waals surface area contributed by atoms with E-state index in [2.05, 4.69) is 10.0 Å². The zero-order valence-electron chi connectivity index (χ0n) is 10.9. The van der Waals surface area contributed by atoms with Gasteiger partial charge in [-0.05, 0) is 19.0 Å². The summed E-state index contributed by atoms with van der Waals surface area (Å²) in [6, 6.07) is 3.75. The largest absolute Gasteiger partial charge is 0.315 e. The molecule has 0 saturated carbocycles. The van der Waals surface area contributed by atoms with Crippen LogP contribution in [0.4, 0.5) is 5.69 Å². The van der Waals surface area contributed by atoms with Crippen molar-refractivity contribution >= 4 is 27.3 Å². The van der Waals surface area contributed by atoms with E-state index < -0.39 is 25.5 Å². The molecule has 1 rings (SSSR count). The first kappa shape index (κ1) is 16.8. The molecule has 0 spiro atoms. The first-order chi connectivity index (χ1) is 9.40. The zero-order valence-corrected chi connectivity index (χ0v) is 12.5. The number of hydrogen-bond acceptors (Lipinski definition) is 5. The van der Waals surface area contributed by atoms with Gasteiger partial charge in [-0.25, -0.2) is 13.1 Å². The first-order valence-corrected chi connectivity index (χ1v) is 7.89. The minimum Gasteiger partial charge on any atom is -0.315 e. The van der Waals surface area contributed by atoms with Crippen LogP contribution in [-0.4, -0.2) is 33.0 Å². The Bertz CT molecular complexity index is 577. The van der Waals surface area contributed by atoms with Crippen molar-refractivity contribution in [2.75, 3.05) is 19.6 Å². The second-order valence-electron chi connectivity index (χ2n) is 3.99. The Morgan fingerprint density at radius 2 is 2.00 bits per heavy atom. The van der Waals surface area contributed by atoms with Crippen molar-refractivity contribution in [3.63, 3.8) is 0 Å². The number of nitrogens with zero attached hydrogens (tertiary/aromatic N) is 1. The third-order valence-electron chi connectivity index (χ3n) is 2.43. The van der Waals surface area contributed by atoms with Gasteiger partial charge in [0.25, 0.3) is 5.69 Å². The smallest absolute Gasteiger partial charge is 0.290 e. The van der Waals surface area contributed by atoms with Crippen LogP contribution in [0.5, 0.6) is 0 Å². The molecule has 0 radical (unpaired) electrons. The van der Waals surface area contributed by atoms with Crippen molar-refractivity contribution in [3.05, 3.63) is 33.3 Å². The van der Waals surface area contributed by atoms with E-state index >= 15 is 0 Å². The number of hydrogen-bond donors (Lipinski definition) is 2. The summed E-state index contributed by atoms with van der Waals surface area (Å²) in [7, 11) is -4.02. The summed E-state index contributed by atoms with van der Waals surface area (Å²) < 4.78 is 26.5. The lowest BCUT2D eigenvalue weighted by molar-refractivity contribution is -0.387. The number of benzene rings is 1. The summed E-state index contributed by atoms with van der Waals surface area (Å²) in [5.74, 6) is 0. The van der Waals surface area contributed by atoms with Gasteiger partial charge in [-0.1, -0.05) is 24.6 Å². The number of halogens is 1. The maximum absolute atomic E-state index is 12.1. The molecule has 9 heteroatoms. The summed E-state index contributed by atoms with van der Waals surface area (Å²) in [6.07, 6.45) is 0.933. The molecule has 1 aromatic carbocycles. The molecule has 0 heterocycles. The van der Waals surface area contributed by atoms with E-state index in [0.717, 1.165) is 19.0 Å². The molecule has 0 aliphatic carbocycles. The van der Waals surface area contributed by atoms with Crippen LogP contribution in [0.1, 0.15) is 13.3 Å². The number of nitro groups is 1. The molecular formula is C11H16ClN3O4S. The highest BCUT2D eigenvalue weighted by atomic mass is 35.5. The van der Waals surface area contributed by atoms with Gasteiger partial charge in [0.1, 0.15) is 0 Å². The van der Waals surface area contributed by atoms with Crippen LogP contribution in [0.15, 0.2) is 23.1 Å². The Morgan fingerprint density at radius 3 is 2.60 bits per heavy atom. The summed E-state index contributed by atoms with van der Waals surface area (Å²) in [5, 5.41) is 13.7. The van der Waals surface area contributed by atoms with Crippen molar-refractivity contribution in [1.29, 1.82) is 0 Å². The molecule has 0 unspecified atom stereocenters. The summed E-state index contributed by atoms with van der Waals surface area (Å²) >= 11 is 5.78. The Kier molecular flexibility index (Phi) is 6.34. The van der Waals surface area contributed by atoms with Crippen LogP contribution < -0.4 is 10.0 Å².